The van der Waals surface area contributed by atoms with Crippen molar-refractivity contribution in [1.29, 1.82) is 5.26 Å². The minimum absolute atomic E-state index is 0.475. The molecule has 6 nitrogen and oxygen atoms in total. The molecule has 0 aliphatic carbocycles. The largest absolute Gasteiger partial charge is 0.477 e. The number of benzene rings is 2. The normalized spacial score (nSPS) is 11.3. The van der Waals surface area contributed by atoms with Crippen LogP contribution in [0.15, 0.2) is 70.5 Å². The predicted molar refractivity (Wildman–Crippen MR) is 82.1 cm³/mol. The van der Waals surface area contributed by atoms with Gasteiger partial charge in [-0.25, -0.2) is 4.79 Å². The Morgan fingerprint density at radius 1 is 1.18 bits per heavy atom. The number of nitrogens with zero attached hydrogens (tertiary/aromatic N) is 3. The van der Waals surface area contributed by atoms with Gasteiger partial charge in [-0.3, -0.25) is 0 Å². The van der Waals surface area contributed by atoms with Crippen LogP contribution in [-0.4, -0.2) is 11.1 Å². The number of carbonyl (C=O) groups is 1. The van der Waals surface area contributed by atoms with Crippen LogP contribution in [0, 0.1) is 11.3 Å². The van der Waals surface area contributed by atoms with E-state index in [1.807, 2.05) is 36.4 Å². The van der Waals surface area contributed by atoms with Gasteiger partial charge in [0.05, 0.1) is 11.9 Å². The van der Waals surface area contributed by atoms with E-state index < -0.39 is 11.5 Å². The standard InChI is InChI=1S/C16H12N4O2/c17-9-12(16(21)22)10-19-20-13-7-5-11(6-8-13)14-3-1-2-4-15(14)18/h1-8,10H,18H2,(H,21,22)/b12-10+,20-19?. The first kappa shape index (κ1) is 14.9. The monoisotopic (exact) mass is 292 g/mol. The van der Waals surface area contributed by atoms with Crippen LogP contribution < -0.4 is 5.73 Å². The number of aliphatic carboxylic acids is 1. The number of nitrogen functional groups attached to an aromatic ring is 1. The lowest BCUT2D eigenvalue weighted by atomic mass is 10.0. The summed E-state index contributed by atoms with van der Waals surface area (Å²) in [6.45, 7) is 0. The number of rotatable bonds is 4. The summed E-state index contributed by atoms with van der Waals surface area (Å²) in [6.07, 6.45) is 0.908. The Morgan fingerprint density at radius 3 is 2.45 bits per heavy atom. The van der Waals surface area contributed by atoms with Crippen LogP contribution in [0.5, 0.6) is 0 Å². The lowest BCUT2D eigenvalue weighted by molar-refractivity contribution is -0.132. The molecule has 0 saturated carbocycles. The highest BCUT2D eigenvalue weighted by atomic mass is 16.4. The average molecular weight is 292 g/mol. The fraction of sp³-hybridized carbons (Fsp3) is 0. The topological polar surface area (TPSA) is 112 Å². The first-order valence-corrected chi connectivity index (χ1v) is 6.31. The molecule has 0 unspecified atom stereocenters. The van der Waals surface area contributed by atoms with Crippen LogP contribution in [0.1, 0.15) is 0 Å². The van der Waals surface area contributed by atoms with E-state index in [0.717, 1.165) is 17.3 Å². The molecular formula is C16H12N4O2. The van der Waals surface area contributed by atoms with E-state index in [1.165, 1.54) is 6.07 Å². The third kappa shape index (κ3) is 3.55. The molecule has 6 heteroatoms. The van der Waals surface area contributed by atoms with Crippen molar-refractivity contribution in [2.24, 2.45) is 10.2 Å². The van der Waals surface area contributed by atoms with Gasteiger partial charge in [-0.1, -0.05) is 30.3 Å². The minimum Gasteiger partial charge on any atom is -0.477 e. The molecule has 0 fully saturated rings. The molecule has 0 amide bonds. The summed E-state index contributed by atoms with van der Waals surface area (Å²) >= 11 is 0. The van der Waals surface area contributed by atoms with Crippen molar-refractivity contribution in [1.82, 2.24) is 0 Å². The van der Waals surface area contributed by atoms with Crippen molar-refractivity contribution in [3.05, 3.63) is 60.3 Å². The number of anilines is 1. The number of azo groups is 1. The average Bonchev–Trinajstić information content (AvgIpc) is 2.52. The Labute approximate surface area is 126 Å². The van der Waals surface area contributed by atoms with Gasteiger partial charge in [0.15, 0.2) is 5.57 Å². The van der Waals surface area contributed by atoms with Crippen molar-refractivity contribution in [3.63, 3.8) is 0 Å². The molecule has 0 atom stereocenters. The second-order valence-electron chi connectivity index (χ2n) is 4.31. The van der Waals surface area contributed by atoms with E-state index in [1.54, 1.807) is 12.1 Å². The van der Waals surface area contributed by atoms with Gasteiger partial charge >= 0.3 is 5.97 Å². The molecule has 3 N–H and O–H groups in total. The Bertz CT molecular complexity index is 787. The SMILES string of the molecule is N#C/C(=C\N=Nc1ccc(-c2ccccc2N)cc1)C(=O)O. The first-order chi connectivity index (χ1) is 10.6. The van der Waals surface area contributed by atoms with Gasteiger partial charge in [-0.2, -0.15) is 15.5 Å². The highest BCUT2D eigenvalue weighted by molar-refractivity contribution is 5.90. The maximum Gasteiger partial charge on any atom is 0.348 e. The number of hydrogen-bond donors (Lipinski definition) is 2. The van der Waals surface area contributed by atoms with Gasteiger partial charge in [0.25, 0.3) is 0 Å². The minimum atomic E-state index is -1.34. The van der Waals surface area contributed by atoms with E-state index in [4.69, 9.17) is 16.1 Å². The molecule has 0 aliphatic rings. The van der Waals surface area contributed by atoms with Crippen LogP contribution in [0.4, 0.5) is 11.4 Å². The quantitative estimate of drug-likeness (QED) is 0.388. The van der Waals surface area contributed by atoms with Gasteiger partial charge in [-0.05, 0) is 23.8 Å². The van der Waals surface area contributed by atoms with E-state index >= 15 is 0 Å². The summed E-state index contributed by atoms with van der Waals surface area (Å²) in [5.41, 5.74) is 8.52. The highest BCUT2D eigenvalue weighted by Gasteiger charge is 2.04. The lowest BCUT2D eigenvalue weighted by Gasteiger charge is -2.05. The molecule has 0 heterocycles. The van der Waals surface area contributed by atoms with Gasteiger partial charge in [-0.15, -0.1) is 0 Å². The summed E-state index contributed by atoms with van der Waals surface area (Å²) < 4.78 is 0. The van der Waals surface area contributed by atoms with Crippen molar-refractivity contribution >= 4 is 17.3 Å². The predicted octanol–water partition coefficient (Wildman–Crippen LogP) is 3.51. The zero-order valence-corrected chi connectivity index (χ0v) is 11.5. The fourth-order valence-corrected chi connectivity index (χ4v) is 1.75. The molecule has 108 valence electrons. The number of hydrogen-bond acceptors (Lipinski definition) is 5. The van der Waals surface area contributed by atoms with Gasteiger partial charge in [0, 0.05) is 11.3 Å². The van der Waals surface area contributed by atoms with Crippen LogP contribution in [0.3, 0.4) is 0 Å². The second-order valence-corrected chi connectivity index (χ2v) is 4.31. The zero-order valence-electron chi connectivity index (χ0n) is 11.5. The molecular weight excluding hydrogens is 280 g/mol. The molecule has 0 saturated heterocycles. The Hall–Kier alpha value is -3.46. The van der Waals surface area contributed by atoms with Gasteiger partial charge < -0.3 is 10.8 Å². The molecule has 0 aromatic heterocycles. The molecule has 0 radical (unpaired) electrons. The Balaban J connectivity index is 2.18. The van der Waals surface area contributed by atoms with Crippen LogP contribution in [0.25, 0.3) is 11.1 Å². The number of nitrogens with two attached hydrogens (primary N) is 1. The number of carboxylic acids is 1. The van der Waals surface area contributed by atoms with E-state index in [0.29, 0.717) is 11.4 Å². The first-order valence-electron chi connectivity index (χ1n) is 6.31. The lowest BCUT2D eigenvalue weighted by Crippen LogP contribution is -1.96. The van der Waals surface area contributed by atoms with Crippen LogP contribution in [0.2, 0.25) is 0 Å². The van der Waals surface area contributed by atoms with Crippen LogP contribution in [-0.2, 0) is 4.79 Å². The van der Waals surface area contributed by atoms with E-state index in [2.05, 4.69) is 10.2 Å². The van der Waals surface area contributed by atoms with Gasteiger partial charge in [0.2, 0.25) is 0 Å². The molecule has 22 heavy (non-hydrogen) atoms. The molecule has 0 spiro atoms. The third-order valence-electron chi connectivity index (χ3n) is 2.85. The second kappa shape index (κ2) is 6.81. The summed E-state index contributed by atoms with van der Waals surface area (Å²) in [5.74, 6) is -1.34. The van der Waals surface area contributed by atoms with Crippen LogP contribution >= 0.6 is 0 Å². The zero-order chi connectivity index (χ0) is 15.9. The highest BCUT2D eigenvalue weighted by Crippen LogP contribution is 2.27. The molecule has 0 aliphatic heterocycles. The number of carboxylic acid groups (broad SMARTS) is 1. The molecule has 2 aromatic carbocycles. The molecule has 0 bridgehead atoms. The molecule has 2 rings (SSSR count). The Morgan fingerprint density at radius 2 is 1.86 bits per heavy atom. The maximum absolute atomic E-state index is 10.6. The number of nitriles is 1. The number of para-hydroxylation sites is 1. The summed E-state index contributed by atoms with van der Waals surface area (Å²) in [6, 6.07) is 16.2. The third-order valence-corrected chi connectivity index (χ3v) is 2.85. The smallest absolute Gasteiger partial charge is 0.348 e. The Kier molecular flexibility index (Phi) is 4.63. The van der Waals surface area contributed by atoms with Gasteiger partial charge in [0.1, 0.15) is 6.07 Å². The summed E-state index contributed by atoms with van der Waals surface area (Å²) in [7, 11) is 0. The van der Waals surface area contributed by atoms with E-state index in [-0.39, 0.29) is 0 Å². The van der Waals surface area contributed by atoms with Crippen molar-refractivity contribution < 1.29 is 9.90 Å². The maximum atomic E-state index is 10.6. The van der Waals surface area contributed by atoms with Crippen molar-refractivity contribution in [2.75, 3.05) is 5.73 Å². The van der Waals surface area contributed by atoms with Crippen molar-refractivity contribution in [2.45, 2.75) is 0 Å². The summed E-state index contributed by atoms with van der Waals surface area (Å²) in [4.78, 5) is 10.6. The molecule has 2 aromatic rings. The fourth-order valence-electron chi connectivity index (χ4n) is 1.75. The van der Waals surface area contributed by atoms with E-state index in [9.17, 15) is 4.79 Å². The van der Waals surface area contributed by atoms with Crippen molar-refractivity contribution in [3.8, 4) is 17.2 Å². The summed E-state index contributed by atoms with van der Waals surface area (Å²) in [5, 5.41) is 24.6.